The average molecular weight is 307 g/mol. The maximum atomic E-state index is 12.2. The molecule has 21 heavy (non-hydrogen) atoms. The van der Waals surface area contributed by atoms with Crippen LogP contribution < -0.4 is 10.5 Å². The first-order valence-corrected chi connectivity index (χ1v) is 11.3. The lowest BCUT2D eigenvalue weighted by atomic mass is 10.1. The second kappa shape index (κ2) is 7.23. The lowest BCUT2D eigenvalue weighted by molar-refractivity contribution is -0.117. The zero-order valence-electron chi connectivity index (χ0n) is 14.6. The first-order chi connectivity index (χ1) is 9.68. The summed E-state index contributed by atoms with van der Waals surface area (Å²) in [5.41, 5.74) is 3.31. The third-order valence-electron chi connectivity index (χ3n) is 3.92. The van der Waals surface area contributed by atoms with Crippen molar-refractivity contribution in [2.45, 2.75) is 47.3 Å². The van der Waals surface area contributed by atoms with E-state index in [4.69, 9.17) is 0 Å². The molecule has 0 radical (unpaired) electrons. The fraction of sp³-hybridized carbons (Fsp3) is 0.588. The van der Waals surface area contributed by atoms with Gasteiger partial charge < -0.3 is 5.32 Å². The predicted octanol–water partition coefficient (Wildman–Crippen LogP) is 3.13. The summed E-state index contributed by atoms with van der Waals surface area (Å²) in [7, 11) is -1.32. The molecule has 0 saturated heterocycles. The van der Waals surface area contributed by atoms with Gasteiger partial charge in [0.25, 0.3) is 0 Å². The number of nitrogens with one attached hydrogen (secondary N) is 1. The lowest BCUT2D eigenvalue weighted by Gasteiger charge is -2.22. The molecule has 1 aromatic rings. The Morgan fingerprint density at radius 1 is 1.10 bits per heavy atom. The van der Waals surface area contributed by atoms with E-state index in [0.717, 1.165) is 18.8 Å². The zero-order chi connectivity index (χ0) is 16.2. The minimum absolute atomic E-state index is 0.0747. The highest BCUT2D eigenvalue weighted by Crippen LogP contribution is 2.20. The largest absolute Gasteiger partial charge is 0.324 e. The molecule has 118 valence electrons. The van der Waals surface area contributed by atoms with Crippen molar-refractivity contribution >= 4 is 24.9 Å². The molecule has 0 bridgehead atoms. The van der Waals surface area contributed by atoms with Crippen molar-refractivity contribution in [3.8, 4) is 0 Å². The smallest absolute Gasteiger partial charge is 0.238 e. The maximum Gasteiger partial charge on any atom is 0.238 e. The molecule has 0 spiro atoms. The van der Waals surface area contributed by atoms with Crippen LogP contribution in [0.25, 0.3) is 0 Å². The number of aryl methyl sites for hydroxylation is 2. The van der Waals surface area contributed by atoms with E-state index in [2.05, 4.69) is 69.7 Å². The van der Waals surface area contributed by atoms with Crippen molar-refractivity contribution in [1.29, 1.82) is 0 Å². The van der Waals surface area contributed by atoms with Gasteiger partial charge in [-0.1, -0.05) is 50.8 Å². The van der Waals surface area contributed by atoms with Crippen molar-refractivity contribution < 1.29 is 4.79 Å². The summed E-state index contributed by atoms with van der Waals surface area (Å²) >= 11 is 0. The molecule has 0 aliphatic heterocycles. The van der Waals surface area contributed by atoms with E-state index in [1.54, 1.807) is 0 Å². The number of likely N-dealkylation sites (N-methyl/N-ethyl adjacent to an activating group) is 1. The minimum Gasteiger partial charge on any atom is -0.324 e. The summed E-state index contributed by atoms with van der Waals surface area (Å²) < 4.78 is 0. The van der Waals surface area contributed by atoms with E-state index in [0.29, 0.717) is 6.54 Å². The Morgan fingerprint density at radius 3 is 1.95 bits per heavy atom. The Labute approximate surface area is 130 Å². The Balaban J connectivity index is 2.92. The number of carbonyl (C=O) groups is 1. The monoisotopic (exact) mass is 306 g/mol. The Kier molecular flexibility index (Phi) is 6.17. The van der Waals surface area contributed by atoms with Gasteiger partial charge in [0.2, 0.25) is 5.91 Å². The molecule has 1 aromatic carbocycles. The van der Waals surface area contributed by atoms with Crippen LogP contribution in [0.2, 0.25) is 19.6 Å². The van der Waals surface area contributed by atoms with Crippen molar-refractivity contribution in [3.05, 3.63) is 23.3 Å². The van der Waals surface area contributed by atoms with Gasteiger partial charge in [0.15, 0.2) is 0 Å². The highest BCUT2D eigenvalue weighted by Gasteiger charge is 2.19. The molecule has 0 saturated carbocycles. The summed E-state index contributed by atoms with van der Waals surface area (Å²) in [5.74, 6) is 0.0747. The SMILES string of the molecule is CCN(CC)CC(=O)Nc1c(C)cc([Si](C)(C)C)cc1C. The summed E-state index contributed by atoms with van der Waals surface area (Å²) in [4.78, 5) is 14.3. The molecule has 0 aliphatic carbocycles. The fourth-order valence-electron chi connectivity index (χ4n) is 2.42. The van der Waals surface area contributed by atoms with Crippen LogP contribution in [0.3, 0.4) is 0 Å². The van der Waals surface area contributed by atoms with Gasteiger partial charge in [0, 0.05) is 5.69 Å². The second-order valence-electron chi connectivity index (χ2n) is 6.74. The summed E-state index contributed by atoms with van der Waals surface area (Å²) in [6, 6.07) is 4.48. The molecule has 0 atom stereocenters. The van der Waals surface area contributed by atoms with Crippen LogP contribution in [0.1, 0.15) is 25.0 Å². The fourth-order valence-corrected chi connectivity index (χ4v) is 3.72. The van der Waals surface area contributed by atoms with Gasteiger partial charge in [-0.3, -0.25) is 9.69 Å². The van der Waals surface area contributed by atoms with E-state index in [-0.39, 0.29) is 5.91 Å². The number of hydrogen-bond donors (Lipinski definition) is 1. The standard InChI is InChI=1S/C17H30N2OSi/c1-8-19(9-2)12-16(20)18-17-13(3)10-15(11-14(17)4)21(5,6)7/h10-11H,8-9,12H2,1-7H3,(H,18,20). The normalized spacial score (nSPS) is 11.8. The summed E-state index contributed by atoms with van der Waals surface area (Å²) in [6.07, 6.45) is 0. The topological polar surface area (TPSA) is 32.3 Å². The molecular weight excluding hydrogens is 276 g/mol. The van der Waals surface area contributed by atoms with Crippen LogP contribution in [0.4, 0.5) is 5.69 Å². The zero-order valence-corrected chi connectivity index (χ0v) is 15.6. The van der Waals surface area contributed by atoms with Crippen LogP contribution in [0, 0.1) is 13.8 Å². The molecule has 3 nitrogen and oxygen atoms in total. The number of carbonyl (C=O) groups excluding carboxylic acids is 1. The number of anilines is 1. The van der Waals surface area contributed by atoms with Gasteiger partial charge in [-0.05, 0) is 38.1 Å². The highest BCUT2D eigenvalue weighted by atomic mass is 28.3. The average Bonchev–Trinajstić information content (AvgIpc) is 2.38. The quantitative estimate of drug-likeness (QED) is 0.819. The van der Waals surface area contributed by atoms with E-state index in [1.807, 2.05) is 0 Å². The maximum absolute atomic E-state index is 12.2. The number of rotatable bonds is 6. The van der Waals surface area contributed by atoms with Crippen molar-refractivity contribution in [3.63, 3.8) is 0 Å². The van der Waals surface area contributed by atoms with E-state index >= 15 is 0 Å². The molecule has 0 aliphatic rings. The molecular formula is C17H30N2OSi. The molecule has 0 heterocycles. The third kappa shape index (κ3) is 4.97. The van der Waals surface area contributed by atoms with E-state index in [1.165, 1.54) is 16.3 Å². The Bertz CT molecular complexity index is 479. The number of benzene rings is 1. The molecule has 0 aromatic heterocycles. The molecule has 1 N–H and O–H groups in total. The van der Waals surface area contributed by atoms with Gasteiger partial charge in [-0.15, -0.1) is 0 Å². The Hall–Kier alpha value is -1.13. The van der Waals surface area contributed by atoms with Gasteiger partial charge in [0.1, 0.15) is 0 Å². The molecule has 1 rings (SSSR count). The van der Waals surface area contributed by atoms with Crippen LogP contribution in [-0.2, 0) is 4.79 Å². The second-order valence-corrected chi connectivity index (χ2v) is 11.8. The highest BCUT2D eigenvalue weighted by molar-refractivity contribution is 6.88. The van der Waals surface area contributed by atoms with Crippen LogP contribution in [0.15, 0.2) is 12.1 Å². The molecule has 1 amide bonds. The van der Waals surface area contributed by atoms with E-state index < -0.39 is 8.07 Å². The first-order valence-electron chi connectivity index (χ1n) is 7.83. The molecule has 0 fully saturated rings. The van der Waals surface area contributed by atoms with Gasteiger partial charge in [0.05, 0.1) is 14.6 Å². The predicted molar refractivity (Wildman–Crippen MR) is 95.3 cm³/mol. The lowest BCUT2D eigenvalue weighted by Crippen LogP contribution is -2.38. The van der Waals surface area contributed by atoms with Crippen molar-refractivity contribution in [2.75, 3.05) is 25.0 Å². The van der Waals surface area contributed by atoms with Crippen LogP contribution in [0.5, 0.6) is 0 Å². The van der Waals surface area contributed by atoms with Crippen molar-refractivity contribution in [2.24, 2.45) is 0 Å². The number of nitrogens with zero attached hydrogens (tertiary/aromatic N) is 1. The van der Waals surface area contributed by atoms with Gasteiger partial charge in [-0.2, -0.15) is 0 Å². The summed E-state index contributed by atoms with van der Waals surface area (Å²) in [6.45, 7) is 17.6. The number of amides is 1. The van der Waals surface area contributed by atoms with Gasteiger partial charge >= 0.3 is 0 Å². The van der Waals surface area contributed by atoms with Crippen molar-refractivity contribution in [1.82, 2.24) is 4.90 Å². The molecule has 0 unspecified atom stereocenters. The summed E-state index contributed by atoms with van der Waals surface area (Å²) in [5, 5.41) is 4.53. The van der Waals surface area contributed by atoms with Gasteiger partial charge in [-0.25, -0.2) is 0 Å². The first kappa shape index (κ1) is 17.9. The molecule has 4 heteroatoms. The third-order valence-corrected chi connectivity index (χ3v) is 5.95. The Morgan fingerprint density at radius 2 is 1.57 bits per heavy atom. The van der Waals surface area contributed by atoms with Crippen LogP contribution in [-0.4, -0.2) is 38.5 Å². The van der Waals surface area contributed by atoms with Crippen LogP contribution >= 0.6 is 0 Å². The van der Waals surface area contributed by atoms with E-state index in [9.17, 15) is 4.79 Å². The minimum atomic E-state index is -1.32. The number of hydrogen-bond acceptors (Lipinski definition) is 2.